The van der Waals surface area contributed by atoms with Crippen LogP contribution in [-0.4, -0.2) is 47.7 Å². The second-order valence-corrected chi connectivity index (χ2v) is 6.66. The van der Waals surface area contributed by atoms with Crippen LogP contribution in [-0.2, 0) is 0 Å². The fourth-order valence-corrected chi connectivity index (χ4v) is 3.18. The molecular formula is C20H27N3O. The lowest BCUT2D eigenvalue weighted by atomic mass is 10.0. The largest absolute Gasteiger partial charge is 0.388 e. The number of benzene rings is 1. The maximum absolute atomic E-state index is 10.4. The highest BCUT2D eigenvalue weighted by Gasteiger charge is 2.19. The van der Waals surface area contributed by atoms with Crippen LogP contribution in [0.4, 0.5) is 5.82 Å². The summed E-state index contributed by atoms with van der Waals surface area (Å²) in [5.74, 6) is 1.06. The van der Waals surface area contributed by atoms with E-state index < -0.39 is 0 Å². The van der Waals surface area contributed by atoms with E-state index in [1.54, 1.807) is 0 Å². The van der Waals surface area contributed by atoms with Gasteiger partial charge >= 0.3 is 0 Å². The van der Waals surface area contributed by atoms with Gasteiger partial charge in [0.05, 0.1) is 6.10 Å². The summed E-state index contributed by atoms with van der Waals surface area (Å²) >= 11 is 0. The summed E-state index contributed by atoms with van der Waals surface area (Å²) in [4.78, 5) is 9.19. The van der Waals surface area contributed by atoms with Crippen molar-refractivity contribution in [3.63, 3.8) is 0 Å². The zero-order valence-electron chi connectivity index (χ0n) is 14.7. The van der Waals surface area contributed by atoms with Gasteiger partial charge in [-0.15, -0.1) is 0 Å². The molecule has 24 heavy (non-hydrogen) atoms. The third-order valence-corrected chi connectivity index (χ3v) is 4.98. The minimum atomic E-state index is -0.377. The maximum Gasteiger partial charge on any atom is 0.128 e. The topological polar surface area (TPSA) is 39.6 Å². The van der Waals surface area contributed by atoms with Gasteiger partial charge in [-0.3, -0.25) is 4.90 Å². The van der Waals surface area contributed by atoms with Crippen molar-refractivity contribution >= 4 is 5.82 Å². The lowest BCUT2D eigenvalue weighted by molar-refractivity contribution is 0.139. The summed E-state index contributed by atoms with van der Waals surface area (Å²) in [7, 11) is 0. The highest BCUT2D eigenvalue weighted by Crippen LogP contribution is 2.21. The number of aromatic nitrogens is 1. The van der Waals surface area contributed by atoms with Crippen LogP contribution < -0.4 is 4.90 Å². The van der Waals surface area contributed by atoms with Crippen molar-refractivity contribution in [2.24, 2.45) is 0 Å². The number of rotatable bonds is 5. The van der Waals surface area contributed by atoms with Crippen molar-refractivity contribution in [3.05, 3.63) is 59.3 Å². The number of aryl methyl sites for hydroxylation is 2. The molecule has 0 bridgehead atoms. The fraction of sp³-hybridized carbons (Fsp3) is 0.450. The SMILES string of the molecule is Cc1ccc(C(O)CCN2CCN(c3ccccn3)CC2)cc1C. The van der Waals surface area contributed by atoms with E-state index in [9.17, 15) is 5.11 Å². The number of aliphatic hydroxyl groups is 1. The molecule has 4 heteroatoms. The van der Waals surface area contributed by atoms with Crippen LogP contribution in [0.2, 0.25) is 0 Å². The zero-order valence-corrected chi connectivity index (χ0v) is 14.7. The van der Waals surface area contributed by atoms with Gasteiger partial charge in [-0.2, -0.15) is 0 Å². The van der Waals surface area contributed by atoms with E-state index in [4.69, 9.17) is 0 Å². The van der Waals surface area contributed by atoms with Crippen molar-refractivity contribution in [3.8, 4) is 0 Å². The molecule has 1 aliphatic rings. The molecule has 1 saturated heterocycles. The number of aliphatic hydroxyl groups excluding tert-OH is 1. The number of hydrogen-bond donors (Lipinski definition) is 1. The molecule has 2 heterocycles. The highest BCUT2D eigenvalue weighted by molar-refractivity contribution is 5.38. The van der Waals surface area contributed by atoms with Crippen LogP contribution >= 0.6 is 0 Å². The molecule has 0 aliphatic carbocycles. The van der Waals surface area contributed by atoms with Crippen molar-refractivity contribution in [1.82, 2.24) is 9.88 Å². The Morgan fingerprint density at radius 1 is 1.04 bits per heavy atom. The third kappa shape index (κ3) is 4.13. The zero-order chi connectivity index (χ0) is 16.9. The molecule has 128 valence electrons. The number of hydrogen-bond acceptors (Lipinski definition) is 4. The third-order valence-electron chi connectivity index (χ3n) is 4.98. The van der Waals surface area contributed by atoms with Gasteiger partial charge in [0.15, 0.2) is 0 Å². The monoisotopic (exact) mass is 325 g/mol. The smallest absolute Gasteiger partial charge is 0.128 e. The molecule has 1 aromatic heterocycles. The van der Waals surface area contributed by atoms with Crippen molar-refractivity contribution in [2.45, 2.75) is 26.4 Å². The van der Waals surface area contributed by atoms with Gasteiger partial charge < -0.3 is 10.0 Å². The number of piperazine rings is 1. The highest BCUT2D eigenvalue weighted by atomic mass is 16.3. The van der Waals surface area contributed by atoms with Crippen LogP contribution in [0.5, 0.6) is 0 Å². The molecule has 1 N–H and O–H groups in total. The summed E-state index contributed by atoms with van der Waals surface area (Å²) in [6.07, 6.45) is 2.26. The normalized spacial score (nSPS) is 17.0. The first kappa shape index (κ1) is 16.9. The minimum absolute atomic E-state index is 0.377. The lowest BCUT2D eigenvalue weighted by Crippen LogP contribution is -2.47. The van der Waals surface area contributed by atoms with Gasteiger partial charge in [0.1, 0.15) is 5.82 Å². The molecule has 2 aromatic rings. The molecule has 1 aromatic carbocycles. The van der Waals surface area contributed by atoms with E-state index in [1.807, 2.05) is 24.4 Å². The van der Waals surface area contributed by atoms with Crippen molar-refractivity contribution in [2.75, 3.05) is 37.6 Å². The van der Waals surface area contributed by atoms with Crippen LogP contribution in [0.15, 0.2) is 42.6 Å². The molecule has 4 nitrogen and oxygen atoms in total. The Labute approximate surface area is 144 Å². The number of pyridine rings is 1. The van der Waals surface area contributed by atoms with Gasteiger partial charge in [0.25, 0.3) is 0 Å². The molecule has 0 radical (unpaired) electrons. The summed E-state index contributed by atoms with van der Waals surface area (Å²) in [6, 6.07) is 12.3. The summed E-state index contributed by atoms with van der Waals surface area (Å²) < 4.78 is 0. The van der Waals surface area contributed by atoms with Gasteiger partial charge in [-0.1, -0.05) is 24.3 Å². The quantitative estimate of drug-likeness (QED) is 0.917. The van der Waals surface area contributed by atoms with E-state index in [0.717, 1.165) is 50.5 Å². The van der Waals surface area contributed by atoms with E-state index in [1.165, 1.54) is 11.1 Å². The Morgan fingerprint density at radius 2 is 1.83 bits per heavy atom. The molecule has 0 amide bonds. The molecule has 3 rings (SSSR count). The Kier molecular flexibility index (Phi) is 5.48. The Hall–Kier alpha value is -1.91. The second-order valence-electron chi connectivity index (χ2n) is 6.66. The molecular weight excluding hydrogens is 298 g/mol. The summed E-state index contributed by atoms with van der Waals surface area (Å²) in [6.45, 7) is 9.18. The number of anilines is 1. The summed E-state index contributed by atoms with van der Waals surface area (Å²) in [5, 5.41) is 10.4. The predicted octanol–water partition coefficient (Wildman–Crippen LogP) is 2.94. The fourth-order valence-electron chi connectivity index (χ4n) is 3.18. The van der Waals surface area contributed by atoms with E-state index in [2.05, 4.69) is 46.8 Å². The predicted molar refractivity (Wildman–Crippen MR) is 98.4 cm³/mol. The van der Waals surface area contributed by atoms with E-state index in [-0.39, 0.29) is 6.10 Å². The van der Waals surface area contributed by atoms with Crippen molar-refractivity contribution in [1.29, 1.82) is 0 Å². The van der Waals surface area contributed by atoms with Gasteiger partial charge in [0, 0.05) is 38.9 Å². The lowest BCUT2D eigenvalue weighted by Gasteiger charge is -2.35. The Bertz CT molecular complexity index is 651. The molecule has 1 aliphatic heterocycles. The molecule has 1 atom stereocenters. The van der Waals surface area contributed by atoms with Crippen molar-refractivity contribution < 1.29 is 5.11 Å². The van der Waals surface area contributed by atoms with Crippen LogP contribution in [0.25, 0.3) is 0 Å². The standard InChI is InChI=1S/C20H27N3O/c1-16-6-7-18(15-17(16)2)19(24)8-10-22-11-13-23(14-12-22)20-5-3-4-9-21-20/h3-7,9,15,19,24H,8,10-14H2,1-2H3. The second kappa shape index (κ2) is 7.77. The molecule has 0 saturated carbocycles. The van der Waals surface area contributed by atoms with E-state index in [0.29, 0.717) is 0 Å². The van der Waals surface area contributed by atoms with E-state index >= 15 is 0 Å². The molecule has 1 fully saturated rings. The first-order valence-electron chi connectivity index (χ1n) is 8.77. The average Bonchev–Trinajstić information content (AvgIpc) is 2.63. The van der Waals surface area contributed by atoms with Crippen LogP contribution in [0.3, 0.4) is 0 Å². The molecule has 0 spiro atoms. The maximum atomic E-state index is 10.4. The first-order valence-corrected chi connectivity index (χ1v) is 8.77. The number of nitrogens with zero attached hydrogens (tertiary/aromatic N) is 3. The van der Waals surface area contributed by atoms with Crippen LogP contribution in [0.1, 0.15) is 29.2 Å². The van der Waals surface area contributed by atoms with Gasteiger partial charge in [-0.25, -0.2) is 4.98 Å². The van der Waals surface area contributed by atoms with Gasteiger partial charge in [0.2, 0.25) is 0 Å². The summed E-state index contributed by atoms with van der Waals surface area (Å²) in [5.41, 5.74) is 3.55. The average molecular weight is 325 g/mol. The Balaban J connectivity index is 1.47. The first-order chi connectivity index (χ1) is 11.6. The Morgan fingerprint density at radius 3 is 2.50 bits per heavy atom. The minimum Gasteiger partial charge on any atom is -0.388 e. The van der Waals surface area contributed by atoms with Gasteiger partial charge in [-0.05, 0) is 49.1 Å². The van der Waals surface area contributed by atoms with Crippen LogP contribution in [0, 0.1) is 13.8 Å². The molecule has 1 unspecified atom stereocenters.